The van der Waals surface area contributed by atoms with Gasteiger partial charge in [-0.05, 0) is 13.0 Å². The van der Waals surface area contributed by atoms with E-state index in [1.165, 1.54) is 12.4 Å². The van der Waals surface area contributed by atoms with E-state index >= 15 is 0 Å². The molecule has 3 aromatic rings. The fourth-order valence-corrected chi connectivity index (χ4v) is 3.51. The minimum Gasteiger partial charge on any atom is -0.432 e. The van der Waals surface area contributed by atoms with E-state index < -0.39 is 24.4 Å². The molecular formula is C20H21F5N8O2. The van der Waals surface area contributed by atoms with Crippen LogP contribution < -0.4 is 15.0 Å². The van der Waals surface area contributed by atoms with Crippen molar-refractivity contribution in [1.82, 2.24) is 29.9 Å². The Kier molecular flexibility index (Phi) is 7.23. The van der Waals surface area contributed by atoms with E-state index in [1.807, 2.05) is 15.6 Å². The number of fused-ring (bicyclic) bond motifs is 1. The van der Waals surface area contributed by atoms with Crippen LogP contribution in [0.5, 0.6) is 5.75 Å². The third-order valence-electron chi connectivity index (χ3n) is 5.03. The van der Waals surface area contributed by atoms with Crippen LogP contribution in [-0.4, -0.2) is 55.8 Å². The lowest BCUT2D eigenvalue weighted by atomic mass is 10.2. The molecule has 188 valence electrons. The number of rotatable bonds is 9. The predicted octanol–water partition coefficient (Wildman–Crippen LogP) is 3.12. The Bertz CT molecular complexity index is 1130. The minimum atomic E-state index is -4.55. The lowest BCUT2D eigenvalue weighted by Crippen LogP contribution is -2.34. The highest BCUT2D eigenvalue weighted by molar-refractivity contribution is 5.50. The molecule has 4 heterocycles. The Labute approximate surface area is 196 Å². The molecule has 0 bridgehead atoms. The first-order chi connectivity index (χ1) is 16.7. The van der Waals surface area contributed by atoms with E-state index in [2.05, 4.69) is 35.3 Å². The van der Waals surface area contributed by atoms with Crippen molar-refractivity contribution >= 4 is 11.6 Å². The van der Waals surface area contributed by atoms with Gasteiger partial charge < -0.3 is 19.7 Å². The van der Waals surface area contributed by atoms with Crippen LogP contribution in [0, 0.1) is 0 Å². The van der Waals surface area contributed by atoms with Crippen molar-refractivity contribution in [2.75, 3.05) is 23.4 Å². The van der Waals surface area contributed by atoms with Gasteiger partial charge in [-0.2, -0.15) is 37.2 Å². The van der Waals surface area contributed by atoms with E-state index in [4.69, 9.17) is 4.74 Å². The van der Waals surface area contributed by atoms with Crippen LogP contribution in [0.2, 0.25) is 0 Å². The van der Waals surface area contributed by atoms with Crippen molar-refractivity contribution in [2.45, 2.75) is 45.4 Å². The zero-order valence-corrected chi connectivity index (χ0v) is 18.4. The van der Waals surface area contributed by atoms with Gasteiger partial charge in [-0.3, -0.25) is 4.68 Å². The third-order valence-corrected chi connectivity index (χ3v) is 5.03. The number of aromatic nitrogens is 6. The van der Waals surface area contributed by atoms with Crippen LogP contribution in [0.3, 0.4) is 0 Å². The maximum absolute atomic E-state index is 13.1. The van der Waals surface area contributed by atoms with Crippen molar-refractivity contribution in [3.63, 3.8) is 0 Å². The average molecular weight is 500 g/mol. The molecule has 0 saturated heterocycles. The second-order valence-electron chi connectivity index (χ2n) is 7.74. The summed E-state index contributed by atoms with van der Waals surface area (Å²) in [5.74, 6) is 0.254. The Balaban J connectivity index is 1.29. The number of anilines is 2. The van der Waals surface area contributed by atoms with Gasteiger partial charge in [0.25, 0.3) is 0 Å². The standard InChI is InChI=1S/C20H21F5N8O2/c1-12(30-17-8-29-28-7-16(17)20(23,24)25)10-34-11-13-4-14-9-32(2-3-33(14)31-13)19-26-5-15(6-27-19)35-18(21)22/h4-8,12,18H,2-3,9-11H2,1H3,(H,28,30)/t12-/m0/s1. The number of nitrogens with zero attached hydrogens (tertiary/aromatic N) is 7. The molecule has 10 nitrogen and oxygen atoms in total. The Morgan fingerprint density at radius 1 is 1.09 bits per heavy atom. The minimum absolute atomic E-state index is 0.122. The van der Waals surface area contributed by atoms with Gasteiger partial charge in [0.1, 0.15) is 5.56 Å². The van der Waals surface area contributed by atoms with E-state index in [-0.39, 0.29) is 24.7 Å². The molecule has 0 spiro atoms. The molecular weight excluding hydrogens is 479 g/mol. The molecule has 1 atom stereocenters. The molecule has 0 unspecified atom stereocenters. The smallest absolute Gasteiger partial charge is 0.420 e. The molecule has 1 aliphatic rings. The number of hydrogen-bond acceptors (Lipinski definition) is 9. The van der Waals surface area contributed by atoms with Gasteiger partial charge in [0.2, 0.25) is 5.95 Å². The first-order valence-electron chi connectivity index (χ1n) is 10.5. The summed E-state index contributed by atoms with van der Waals surface area (Å²) >= 11 is 0. The van der Waals surface area contributed by atoms with Gasteiger partial charge in [-0.15, -0.1) is 0 Å². The van der Waals surface area contributed by atoms with Crippen LogP contribution in [0.1, 0.15) is 23.9 Å². The van der Waals surface area contributed by atoms with E-state index in [0.29, 0.717) is 37.5 Å². The highest BCUT2D eigenvalue weighted by Gasteiger charge is 2.34. The third kappa shape index (κ3) is 6.29. The second kappa shape index (κ2) is 10.3. The number of alkyl halides is 5. The van der Waals surface area contributed by atoms with Crippen molar-refractivity contribution < 1.29 is 31.4 Å². The van der Waals surface area contributed by atoms with Crippen LogP contribution in [0.15, 0.2) is 30.9 Å². The lowest BCUT2D eigenvalue weighted by molar-refractivity contribution is -0.137. The summed E-state index contributed by atoms with van der Waals surface area (Å²) in [4.78, 5) is 10.0. The number of ether oxygens (including phenoxy) is 2. The number of hydrogen-bond donors (Lipinski definition) is 1. The number of halogens is 5. The Morgan fingerprint density at radius 2 is 1.83 bits per heavy atom. The highest BCUT2D eigenvalue weighted by Crippen LogP contribution is 2.33. The summed E-state index contributed by atoms with van der Waals surface area (Å²) < 4.78 is 75.5. The van der Waals surface area contributed by atoms with Crippen LogP contribution in [-0.2, 0) is 30.6 Å². The zero-order valence-electron chi connectivity index (χ0n) is 18.4. The summed E-state index contributed by atoms with van der Waals surface area (Å²) in [6, 6.07) is 1.43. The lowest BCUT2D eigenvalue weighted by Gasteiger charge is -2.27. The van der Waals surface area contributed by atoms with Crippen LogP contribution in [0.4, 0.5) is 33.6 Å². The zero-order chi connectivity index (χ0) is 25.0. The van der Waals surface area contributed by atoms with Crippen LogP contribution in [0.25, 0.3) is 0 Å². The Hall–Kier alpha value is -3.62. The fraction of sp³-hybridized carbons (Fsp3) is 0.450. The maximum Gasteiger partial charge on any atom is 0.420 e. The summed E-state index contributed by atoms with van der Waals surface area (Å²) in [6.45, 7) is 0.618. The molecule has 4 rings (SSSR count). The van der Waals surface area contributed by atoms with Crippen molar-refractivity contribution in [3.05, 3.63) is 47.8 Å². The highest BCUT2D eigenvalue weighted by atomic mass is 19.4. The molecule has 0 aliphatic carbocycles. The van der Waals surface area contributed by atoms with Crippen molar-refractivity contribution in [3.8, 4) is 5.75 Å². The van der Waals surface area contributed by atoms with Gasteiger partial charge in [-0.1, -0.05) is 0 Å². The molecule has 3 aromatic heterocycles. The molecule has 0 amide bonds. The normalized spacial score (nSPS) is 14.7. The summed E-state index contributed by atoms with van der Waals surface area (Å²) in [5, 5.41) is 14.0. The van der Waals surface area contributed by atoms with Gasteiger partial charge in [0.15, 0.2) is 5.75 Å². The Morgan fingerprint density at radius 3 is 2.54 bits per heavy atom. The second-order valence-corrected chi connectivity index (χ2v) is 7.74. The quantitative estimate of drug-likeness (QED) is 0.444. The maximum atomic E-state index is 13.1. The van der Waals surface area contributed by atoms with Gasteiger partial charge in [-0.25, -0.2) is 9.97 Å². The fourth-order valence-electron chi connectivity index (χ4n) is 3.51. The monoisotopic (exact) mass is 500 g/mol. The van der Waals surface area contributed by atoms with E-state index in [9.17, 15) is 22.0 Å². The largest absolute Gasteiger partial charge is 0.432 e. The first kappa shape index (κ1) is 24.5. The molecule has 35 heavy (non-hydrogen) atoms. The van der Waals surface area contributed by atoms with Gasteiger partial charge in [0.05, 0.1) is 68.2 Å². The molecule has 0 aromatic carbocycles. The van der Waals surface area contributed by atoms with Crippen LogP contribution >= 0.6 is 0 Å². The number of nitrogens with one attached hydrogen (secondary N) is 1. The predicted molar refractivity (Wildman–Crippen MR) is 112 cm³/mol. The molecule has 0 fully saturated rings. The average Bonchev–Trinajstić information content (AvgIpc) is 3.21. The summed E-state index contributed by atoms with van der Waals surface area (Å²) in [6.07, 6.45) is -0.471. The molecule has 1 N–H and O–H groups in total. The SMILES string of the molecule is C[C@@H](COCc1cc2n(n1)CCN(c1ncc(OC(F)F)cn1)C2)Nc1cnncc1C(F)(F)F. The topological polar surface area (TPSA) is 103 Å². The van der Waals surface area contributed by atoms with E-state index in [0.717, 1.165) is 11.9 Å². The van der Waals surface area contributed by atoms with Crippen molar-refractivity contribution in [2.24, 2.45) is 0 Å². The molecule has 1 aliphatic heterocycles. The van der Waals surface area contributed by atoms with Crippen molar-refractivity contribution in [1.29, 1.82) is 0 Å². The molecule has 0 saturated carbocycles. The summed E-state index contributed by atoms with van der Waals surface area (Å²) in [5.41, 5.74) is 0.482. The molecule has 0 radical (unpaired) electrons. The van der Waals surface area contributed by atoms with Gasteiger partial charge >= 0.3 is 12.8 Å². The molecule has 15 heteroatoms. The first-order valence-corrected chi connectivity index (χ1v) is 10.5. The van der Waals surface area contributed by atoms with Gasteiger partial charge in [0, 0.05) is 12.6 Å². The van der Waals surface area contributed by atoms with E-state index in [1.54, 1.807) is 6.92 Å². The summed E-state index contributed by atoms with van der Waals surface area (Å²) in [7, 11) is 0.